The Morgan fingerprint density at radius 2 is 1.77 bits per heavy atom. The van der Waals surface area contributed by atoms with Gasteiger partial charge in [-0.05, 0) is 93.7 Å². The number of amides is 2. The van der Waals surface area contributed by atoms with Crippen LogP contribution in [0.5, 0.6) is 17.4 Å². The van der Waals surface area contributed by atoms with E-state index in [4.69, 9.17) is 4.74 Å². The smallest absolute Gasteiger partial charge is 0.270 e. The zero-order valence-corrected chi connectivity index (χ0v) is 25.1. The van der Waals surface area contributed by atoms with Crippen molar-refractivity contribution in [3.63, 3.8) is 0 Å². The van der Waals surface area contributed by atoms with Crippen LogP contribution in [0.25, 0.3) is 11.1 Å². The first-order valence-electron chi connectivity index (χ1n) is 14.1. The molecule has 0 saturated heterocycles. The SMILES string of the molecule is Cc1nc(C(=O)N[C@H]2CC[C@@H](NC(=O)c3cc(F)cnc3Oc3cccc(-c4ccc(O)cc4CN(C)C)c3)CC2)cs1. The van der Waals surface area contributed by atoms with Gasteiger partial charge in [0.15, 0.2) is 0 Å². The van der Waals surface area contributed by atoms with Crippen molar-refractivity contribution in [3.05, 3.63) is 87.8 Å². The largest absolute Gasteiger partial charge is 0.508 e. The molecular formula is C32H34FN5O4S. The molecule has 1 aliphatic rings. The number of phenolic OH excluding ortho intramolecular Hbond substituents is 1. The summed E-state index contributed by atoms with van der Waals surface area (Å²) >= 11 is 1.43. The van der Waals surface area contributed by atoms with E-state index in [-0.39, 0.29) is 35.2 Å². The summed E-state index contributed by atoms with van der Waals surface area (Å²) in [5.41, 5.74) is 3.14. The number of aromatic hydroxyl groups is 1. The molecule has 0 bridgehead atoms. The van der Waals surface area contributed by atoms with Gasteiger partial charge in [0.05, 0.1) is 11.2 Å². The van der Waals surface area contributed by atoms with Gasteiger partial charge < -0.3 is 25.4 Å². The Labute approximate surface area is 253 Å². The van der Waals surface area contributed by atoms with Gasteiger partial charge in [-0.25, -0.2) is 14.4 Å². The minimum absolute atomic E-state index is 0.00217. The molecule has 1 saturated carbocycles. The summed E-state index contributed by atoms with van der Waals surface area (Å²) in [6.07, 6.45) is 3.74. The van der Waals surface area contributed by atoms with E-state index >= 15 is 0 Å². The Kier molecular flexibility index (Phi) is 9.32. The van der Waals surface area contributed by atoms with Crippen LogP contribution < -0.4 is 15.4 Å². The number of phenols is 1. The molecule has 2 aromatic carbocycles. The molecule has 11 heteroatoms. The predicted octanol–water partition coefficient (Wildman–Crippen LogP) is 5.68. The molecule has 43 heavy (non-hydrogen) atoms. The molecule has 4 aromatic rings. The van der Waals surface area contributed by atoms with Crippen LogP contribution in [0.15, 0.2) is 60.1 Å². The van der Waals surface area contributed by atoms with Crippen molar-refractivity contribution in [3.8, 4) is 28.5 Å². The number of thiazole rings is 1. The molecule has 2 aromatic heterocycles. The third-order valence-corrected chi connectivity index (χ3v) is 8.02. The van der Waals surface area contributed by atoms with E-state index in [1.807, 2.05) is 50.2 Å². The fraction of sp³-hybridized carbons (Fsp3) is 0.312. The molecule has 224 valence electrons. The minimum atomic E-state index is -0.646. The third-order valence-electron chi connectivity index (χ3n) is 7.25. The first kappa shape index (κ1) is 30.1. The number of aryl methyl sites for hydroxylation is 1. The maximum absolute atomic E-state index is 14.2. The maximum atomic E-state index is 14.2. The predicted molar refractivity (Wildman–Crippen MR) is 163 cm³/mol. The van der Waals surface area contributed by atoms with Crippen molar-refractivity contribution in [1.29, 1.82) is 0 Å². The number of ether oxygens (including phenoxy) is 1. The lowest BCUT2D eigenvalue weighted by molar-refractivity contribution is 0.0888. The molecule has 3 N–H and O–H groups in total. The summed E-state index contributed by atoms with van der Waals surface area (Å²) in [5.74, 6) is -0.699. The molecule has 0 spiro atoms. The summed E-state index contributed by atoms with van der Waals surface area (Å²) in [6.45, 7) is 2.48. The first-order chi connectivity index (χ1) is 20.6. The van der Waals surface area contributed by atoms with E-state index in [1.54, 1.807) is 23.6 Å². The fourth-order valence-corrected chi connectivity index (χ4v) is 5.81. The van der Waals surface area contributed by atoms with Crippen LogP contribution >= 0.6 is 11.3 Å². The Hall–Kier alpha value is -4.35. The van der Waals surface area contributed by atoms with E-state index in [1.165, 1.54) is 11.3 Å². The van der Waals surface area contributed by atoms with Crippen LogP contribution in [0, 0.1) is 12.7 Å². The summed E-state index contributed by atoms with van der Waals surface area (Å²) in [7, 11) is 3.91. The standard InChI is InChI=1S/C32H34FN5O4S/c1-19-35-29(18-43-19)31(41)37-24-9-7-23(8-10-24)36-30(40)28-15-22(33)16-34-32(28)42-26-6-4-5-20(14-26)27-12-11-25(39)13-21(27)17-38(2)3/h4-6,11-16,18,23-24,39H,7-10,17H2,1-3H3,(H,36,40)(H,37,41)/t23-,24+. The van der Waals surface area contributed by atoms with Crippen LogP contribution in [0.4, 0.5) is 4.39 Å². The van der Waals surface area contributed by atoms with Crippen molar-refractivity contribution in [2.45, 2.75) is 51.2 Å². The van der Waals surface area contributed by atoms with Crippen LogP contribution in [0.3, 0.4) is 0 Å². The summed E-state index contributed by atoms with van der Waals surface area (Å²) < 4.78 is 20.3. The molecular weight excluding hydrogens is 569 g/mol. The number of carbonyl (C=O) groups is 2. The average Bonchev–Trinajstić information content (AvgIpc) is 3.41. The maximum Gasteiger partial charge on any atom is 0.270 e. The van der Waals surface area contributed by atoms with Gasteiger partial charge >= 0.3 is 0 Å². The van der Waals surface area contributed by atoms with Crippen LogP contribution in [-0.4, -0.2) is 58.0 Å². The van der Waals surface area contributed by atoms with Crippen molar-refractivity contribution in [2.75, 3.05) is 14.1 Å². The number of hydrogen-bond donors (Lipinski definition) is 3. The fourth-order valence-electron chi connectivity index (χ4n) is 5.22. The molecule has 5 rings (SSSR count). The lowest BCUT2D eigenvalue weighted by atomic mass is 9.91. The number of nitrogens with zero attached hydrogens (tertiary/aromatic N) is 3. The zero-order chi connectivity index (χ0) is 30.5. The van der Waals surface area contributed by atoms with Gasteiger partial charge in [0, 0.05) is 24.0 Å². The zero-order valence-electron chi connectivity index (χ0n) is 24.3. The Balaban J connectivity index is 1.25. The van der Waals surface area contributed by atoms with Crippen LogP contribution in [-0.2, 0) is 6.54 Å². The minimum Gasteiger partial charge on any atom is -0.508 e. The van der Waals surface area contributed by atoms with Crippen molar-refractivity contribution < 1.29 is 23.8 Å². The van der Waals surface area contributed by atoms with E-state index in [9.17, 15) is 19.1 Å². The number of rotatable bonds is 9. The molecule has 0 aliphatic heterocycles. The molecule has 2 amide bonds. The molecule has 9 nitrogen and oxygen atoms in total. The van der Waals surface area contributed by atoms with Crippen LogP contribution in [0.2, 0.25) is 0 Å². The highest BCUT2D eigenvalue weighted by Crippen LogP contribution is 2.32. The van der Waals surface area contributed by atoms with E-state index < -0.39 is 11.7 Å². The average molecular weight is 604 g/mol. The first-order valence-corrected chi connectivity index (χ1v) is 15.0. The van der Waals surface area contributed by atoms with Gasteiger partial charge in [0.25, 0.3) is 11.8 Å². The van der Waals surface area contributed by atoms with Gasteiger partial charge in [-0.2, -0.15) is 0 Å². The van der Waals surface area contributed by atoms with Gasteiger partial charge in [0.2, 0.25) is 5.88 Å². The normalized spacial score (nSPS) is 16.6. The van der Waals surface area contributed by atoms with E-state index in [0.717, 1.165) is 34.0 Å². The van der Waals surface area contributed by atoms with Crippen LogP contribution in [0.1, 0.15) is 57.1 Å². The van der Waals surface area contributed by atoms with Gasteiger partial charge in [-0.1, -0.05) is 18.2 Å². The van der Waals surface area contributed by atoms with Crippen molar-refractivity contribution in [1.82, 2.24) is 25.5 Å². The van der Waals surface area contributed by atoms with E-state index in [0.29, 0.717) is 43.7 Å². The number of pyridine rings is 1. The Bertz CT molecular complexity index is 1620. The van der Waals surface area contributed by atoms with Gasteiger partial charge in [0.1, 0.15) is 28.6 Å². The molecule has 0 radical (unpaired) electrons. The Morgan fingerprint density at radius 1 is 1.05 bits per heavy atom. The highest BCUT2D eigenvalue weighted by atomic mass is 32.1. The topological polar surface area (TPSA) is 117 Å². The van der Waals surface area contributed by atoms with E-state index in [2.05, 4.69) is 20.6 Å². The van der Waals surface area contributed by atoms with Gasteiger partial charge in [-0.3, -0.25) is 9.59 Å². The third kappa shape index (κ3) is 7.74. The van der Waals surface area contributed by atoms with Crippen molar-refractivity contribution >= 4 is 23.2 Å². The number of carbonyl (C=O) groups excluding carboxylic acids is 2. The summed E-state index contributed by atoms with van der Waals surface area (Å²) in [4.78, 5) is 36.1. The van der Waals surface area contributed by atoms with Gasteiger partial charge in [-0.15, -0.1) is 11.3 Å². The van der Waals surface area contributed by atoms with Crippen molar-refractivity contribution in [2.24, 2.45) is 0 Å². The lowest BCUT2D eigenvalue weighted by Crippen LogP contribution is -2.44. The number of halogens is 1. The summed E-state index contributed by atoms with van der Waals surface area (Å²) in [6, 6.07) is 13.5. The second-order valence-corrected chi connectivity index (χ2v) is 12.0. The number of nitrogens with one attached hydrogen (secondary N) is 2. The number of aromatic nitrogens is 2. The second kappa shape index (κ2) is 13.3. The molecule has 2 heterocycles. The highest BCUT2D eigenvalue weighted by molar-refractivity contribution is 7.09. The quantitative estimate of drug-likeness (QED) is 0.225. The lowest BCUT2D eigenvalue weighted by Gasteiger charge is -2.29. The molecule has 1 aliphatic carbocycles. The molecule has 0 unspecified atom stereocenters. The molecule has 0 atom stereocenters. The highest BCUT2D eigenvalue weighted by Gasteiger charge is 2.26. The monoisotopic (exact) mass is 603 g/mol. The number of benzene rings is 2. The second-order valence-electron chi connectivity index (χ2n) is 11.0. The molecule has 1 fully saturated rings. The number of hydrogen-bond acceptors (Lipinski definition) is 8. The Morgan fingerprint density at radius 3 is 2.44 bits per heavy atom. The summed E-state index contributed by atoms with van der Waals surface area (Å²) in [5, 5.41) is 18.6.